The molecule has 1 heterocycles. The third kappa shape index (κ3) is 5.02. The Bertz CT molecular complexity index is 581. The fraction of sp³-hybridized carbons (Fsp3) is 0.312. The molecular formula is C16H18BrNO3. The van der Waals surface area contributed by atoms with Crippen molar-refractivity contribution in [3.05, 3.63) is 58.0 Å². The second-order valence-corrected chi connectivity index (χ2v) is 5.58. The number of hydrogen-bond acceptors (Lipinski definition) is 3. The van der Waals surface area contributed by atoms with Crippen LogP contribution in [0, 0.1) is 6.92 Å². The van der Waals surface area contributed by atoms with Crippen molar-refractivity contribution in [2.45, 2.75) is 20.0 Å². The summed E-state index contributed by atoms with van der Waals surface area (Å²) >= 11 is 3.41. The Hall–Kier alpha value is -1.59. The van der Waals surface area contributed by atoms with Gasteiger partial charge in [-0.05, 0) is 59.1 Å². The molecule has 0 unspecified atom stereocenters. The molecule has 0 saturated heterocycles. The average molecular weight is 352 g/mol. The first-order valence-corrected chi connectivity index (χ1v) is 7.60. The standard InChI is InChI=1S/C16H18BrNO3/c1-12-5-6-14(15(17)10-12)16(19)18-7-3-8-20-11-13-4-2-9-21-13/h2,4-6,9-10H,3,7-8,11H2,1H3,(H,18,19). The molecule has 0 saturated carbocycles. The highest BCUT2D eigenvalue weighted by molar-refractivity contribution is 9.10. The minimum atomic E-state index is -0.0760. The van der Waals surface area contributed by atoms with Crippen molar-refractivity contribution in [1.29, 1.82) is 0 Å². The minimum absolute atomic E-state index is 0.0760. The molecular weight excluding hydrogens is 334 g/mol. The first-order chi connectivity index (χ1) is 10.2. The smallest absolute Gasteiger partial charge is 0.252 e. The van der Waals surface area contributed by atoms with Crippen molar-refractivity contribution in [2.24, 2.45) is 0 Å². The van der Waals surface area contributed by atoms with Gasteiger partial charge in [-0.15, -0.1) is 0 Å². The maximum absolute atomic E-state index is 12.0. The van der Waals surface area contributed by atoms with E-state index in [1.165, 1.54) is 0 Å². The highest BCUT2D eigenvalue weighted by Gasteiger charge is 2.08. The van der Waals surface area contributed by atoms with E-state index in [9.17, 15) is 4.79 Å². The number of nitrogens with one attached hydrogen (secondary N) is 1. The van der Waals surface area contributed by atoms with E-state index in [1.54, 1.807) is 6.26 Å². The van der Waals surface area contributed by atoms with Gasteiger partial charge in [0.05, 0.1) is 11.8 Å². The quantitative estimate of drug-likeness (QED) is 0.774. The Morgan fingerprint density at radius 1 is 1.38 bits per heavy atom. The second kappa shape index (κ2) is 8.00. The van der Waals surface area contributed by atoms with E-state index in [0.717, 1.165) is 22.2 Å². The molecule has 0 fully saturated rings. The van der Waals surface area contributed by atoms with Crippen molar-refractivity contribution in [3.8, 4) is 0 Å². The Morgan fingerprint density at radius 3 is 2.95 bits per heavy atom. The summed E-state index contributed by atoms with van der Waals surface area (Å²) in [4.78, 5) is 12.0. The lowest BCUT2D eigenvalue weighted by Crippen LogP contribution is -2.25. The van der Waals surface area contributed by atoms with E-state index in [-0.39, 0.29) is 5.91 Å². The van der Waals surface area contributed by atoms with Crippen LogP contribution in [0.4, 0.5) is 0 Å². The SMILES string of the molecule is Cc1ccc(C(=O)NCCCOCc2ccco2)c(Br)c1. The number of aryl methyl sites for hydroxylation is 1. The third-order valence-electron chi connectivity index (χ3n) is 2.94. The van der Waals surface area contributed by atoms with Crippen LogP contribution in [0.2, 0.25) is 0 Å². The van der Waals surface area contributed by atoms with Gasteiger partial charge >= 0.3 is 0 Å². The van der Waals surface area contributed by atoms with Gasteiger partial charge in [0.15, 0.2) is 0 Å². The number of hydrogen-bond donors (Lipinski definition) is 1. The first-order valence-electron chi connectivity index (χ1n) is 6.81. The number of rotatable bonds is 7. The third-order valence-corrected chi connectivity index (χ3v) is 3.60. The molecule has 0 atom stereocenters. The first kappa shape index (κ1) is 15.8. The van der Waals surface area contributed by atoms with Gasteiger partial charge in [0.25, 0.3) is 5.91 Å². The van der Waals surface area contributed by atoms with Crippen LogP contribution in [0.3, 0.4) is 0 Å². The Labute approximate surface area is 132 Å². The summed E-state index contributed by atoms with van der Waals surface area (Å²) in [6.07, 6.45) is 2.38. The zero-order chi connectivity index (χ0) is 15.1. The van der Waals surface area contributed by atoms with E-state index >= 15 is 0 Å². The van der Waals surface area contributed by atoms with Gasteiger partial charge in [0, 0.05) is 17.6 Å². The van der Waals surface area contributed by atoms with E-state index in [2.05, 4.69) is 21.2 Å². The minimum Gasteiger partial charge on any atom is -0.467 e. The lowest BCUT2D eigenvalue weighted by molar-refractivity contribution is 0.0916. The topological polar surface area (TPSA) is 51.5 Å². The van der Waals surface area contributed by atoms with Gasteiger partial charge in [0.2, 0.25) is 0 Å². The molecule has 0 aliphatic heterocycles. The van der Waals surface area contributed by atoms with Crippen molar-refractivity contribution >= 4 is 21.8 Å². The number of furan rings is 1. The summed E-state index contributed by atoms with van der Waals surface area (Å²) in [5, 5.41) is 2.88. The molecule has 112 valence electrons. The van der Waals surface area contributed by atoms with Gasteiger partial charge in [-0.25, -0.2) is 0 Å². The van der Waals surface area contributed by atoms with Crippen LogP contribution in [0.5, 0.6) is 0 Å². The van der Waals surface area contributed by atoms with Gasteiger partial charge in [-0.3, -0.25) is 4.79 Å². The van der Waals surface area contributed by atoms with Crippen LogP contribution < -0.4 is 5.32 Å². The molecule has 0 radical (unpaired) electrons. The second-order valence-electron chi connectivity index (χ2n) is 4.72. The number of ether oxygens (including phenoxy) is 1. The fourth-order valence-electron chi connectivity index (χ4n) is 1.84. The highest BCUT2D eigenvalue weighted by Crippen LogP contribution is 2.18. The van der Waals surface area contributed by atoms with Crippen LogP contribution in [0.1, 0.15) is 28.1 Å². The summed E-state index contributed by atoms with van der Waals surface area (Å²) in [7, 11) is 0. The molecule has 5 heteroatoms. The largest absolute Gasteiger partial charge is 0.467 e. The van der Waals surface area contributed by atoms with Crippen LogP contribution in [-0.4, -0.2) is 19.1 Å². The normalized spacial score (nSPS) is 10.6. The van der Waals surface area contributed by atoms with Crippen molar-refractivity contribution in [3.63, 3.8) is 0 Å². The van der Waals surface area contributed by atoms with E-state index in [1.807, 2.05) is 37.3 Å². The molecule has 0 aliphatic rings. The molecule has 2 rings (SSSR count). The molecule has 1 amide bonds. The lowest BCUT2D eigenvalue weighted by Gasteiger charge is -2.07. The Kier molecular flexibility index (Phi) is 6.02. The van der Waals surface area contributed by atoms with Crippen LogP contribution in [0.25, 0.3) is 0 Å². The maximum atomic E-state index is 12.0. The van der Waals surface area contributed by atoms with Gasteiger partial charge < -0.3 is 14.5 Å². The maximum Gasteiger partial charge on any atom is 0.252 e. The lowest BCUT2D eigenvalue weighted by atomic mass is 10.1. The molecule has 21 heavy (non-hydrogen) atoms. The van der Waals surface area contributed by atoms with E-state index in [0.29, 0.717) is 25.3 Å². The summed E-state index contributed by atoms with van der Waals surface area (Å²) in [6, 6.07) is 9.38. The number of benzene rings is 1. The highest BCUT2D eigenvalue weighted by atomic mass is 79.9. The molecule has 0 aliphatic carbocycles. The molecule has 4 nitrogen and oxygen atoms in total. The van der Waals surface area contributed by atoms with Gasteiger partial charge in [0.1, 0.15) is 12.4 Å². The van der Waals surface area contributed by atoms with Crippen molar-refractivity contribution < 1.29 is 13.9 Å². The van der Waals surface area contributed by atoms with Gasteiger partial charge in [-0.1, -0.05) is 6.07 Å². The molecule has 2 aromatic rings. The number of carbonyl (C=O) groups is 1. The Morgan fingerprint density at radius 2 is 2.24 bits per heavy atom. The molecule has 1 N–H and O–H groups in total. The number of amides is 1. The van der Waals surface area contributed by atoms with E-state index in [4.69, 9.17) is 9.15 Å². The van der Waals surface area contributed by atoms with Gasteiger partial charge in [-0.2, -0.15) is 0 Å². The summed E-state index contributed by atoms with van der Waals surface area (Å²) < 4.78 is 11.4. The molecule has 0 spiro atoms. The molecule has 1 aromatic heterocycles. The van der Waals surface area contributed by atoms with Crippen LogP contribution >= 0.6 is 15.9 Å². The van der Waals surface area contributed by atoms with Crippen molar-refractivity contribution in [2.75, 3.05) is 13.2 Å². The number of halogens is 1. The molecule has 0 bridgehead atoms. The summed E-state index contributed by atoms with van der Waals surface area (Å²) in [5.74, 6) is 0.732. The average Bonchev–Trinajstić information content (AvgIpc) is 2.95. The predicted molar refractivity (Wildman–Crippen MR) is 84.2 cm³/mol. The predicted octanol–water partition coefficient (Wildman–Crippen LogP) is 3.69. The fourth-order valence-corrected chi connectivity index (χ4v) is 2.52. The zero-order valence-electron chi connectivity index (χ0n) is 11.9. The van der Waals surface area contributed by atoms with Crippen LogP contribution in [0.15, 0.2) is 45.5 Å². The van der Waals surface area contributed by atoms with Crippen molar-refractivity contribution in [1.82, 2.24) is 5.32 Å². The van der Waals surface area contributed by atoms with E-state index < -0.39 is 0 Å². The summed E-state index contributed by atoms with van der Waals surface area (Å²) in [5.41, 5.74) is 1.77. The zero-order valence-corrected chi connectivity index (χ0v) is 13.5. The summed E-state index contributed by atoms with van der Waals surface area (Å²) in [6.45, 7) is 3.61. The van der Waals surface area contributed by atoms with Crippen LogP contribution in [-0.2, 0) is 11.3 Å². The Balaban J connectivity index is 1.65. The monoisotopic (exact) mass is 351 g/mol. The number of carbonyl (C=O) groups excluding carboxylic acids is 1. The molecule has 1 aromatic carbocycles.